The van der Waals surface area contributed by atoms with Gasteiger partial charge < -0.3 is 19.1 Å². The molecule has 3 rings (SSSR count). The van der Waals surface area contributed by atoms with Gasteiger partial charge in [-0.15, -0.1) is 0 Å². The Balaban J connectivity index is 1.51. The molecule has 0 aliphatic carbocycles. The quantitative estimate of drug-likeness (QED) is 0.840. The summed E-state index contributed by atoms with van der Waals surface area (Å²) >= 11 is 0. The standard InChI is InChI=1S/C17H21NO5/c1-21-13-3-5-14(6-4-13)22-12-16(20)18-9-8-17(15(19)11-18)7-2-10-23-17/h3-6H,2,7-12H2,1H3. The molecule has 1 amide bonds. The van der Waals surface area contributed by atoms with Crippen molar-refractivity contribution in [1.82, 2.24) is 4.90 Å². The van der Waals surface area contributed by atoms with Crippen molar-refractivity contribution in [2.45, 2.75) is 24.9 Å². The summed E-state index contributed by atoms with van der Waals surface area (Å²) < 4.78 is 16.2. The number of methoxy groups -OCH3 is 1. The third kappa shape index (κ3) is 3.32. The molecule has 1 aromatic carbocycles. The van der Waals surface area contributed by atoms with Crippen LogP contribution in [0.3, 0.4) is 0 Å². The second-order valence-corrected chi connectivity index (χ2v) is 5.90. The molecular weight excluding hydrogens is 298 g/mol. The summed E-state index contributed by atoms with van der Waals surface area (Å²) in [6, 6.07) is 7.03. The number of likely N-dealkylation sites (tertiary alicyclic amines) is 1. The third-order valence-corrected chi connectivity index (χ3v) is 4.51. The van der Waals surface area contributed by atoms with Crippen LogP contribution in [-0.4, -0.2) is 55.6 Å². The van der Waals surface area contributed by atoms with Crippen molar-refractivity contribution in [3.63, 3.8) is 0 Å². The number of hydrogen-bond donors (Lipinski definition) is 0. The SMILES string of the molecule is COc1ccc(OCC(=O)N2CCC3(CCCO3)C(=O)C2)cc1. The lowest BCUT2D eigenvalue weighted by atomic mass is 9.87. The van der Waals surface area contributed by atoms with Gasteiger partial charge in [0, 0.05) is 19.6 Å². The van der Waals surface area contributed by atoms with E-state index >= 15 is 0 Å². The molecule has 1 atom stereocenters. The number of ketones is 1. The lowest BCUT2D eigenvalue weighted by Gasteiger charge is -2.37. The number of benzene rings is 1. The summed E-state index contributed by atoms with van der Waals surface area (Å²) in [6.07, 6.45) is 2.27. The summed E-state index contributed by atoms with van der Waals surface area (Å²) in [6.45, 7) is 1.22. The zero-order valence-corrected chi connectivity index (χ0v) is 13.2. The first kappa shape index (κ1) is 15.8. The molecule has 6 nitrogen and oxygen atoms in total. The summed E-state index contributed by atoms with van der Waals surface area (Å²) in [5.41, 5.74) is -0.631. The molecule has 2 aliphatic heterocycles. The van der Waals surface area contributed by atoms with Crippen molar-refractivity contribution in [2.24, 2.45) is 0 Å². The highest BCUT2D eigenvalue weighted by atomic mass is 16.5. The van der Waals surface area contributed by atoms with E-state index in [2.05, 4.69) is 0 Å². The number of hydrogen-bond acceptors (Lipinski definition) is 5. The molecule has 124 valence electrons. The minimum Gasteiger partial charge on any atom is -0.497 e. The third-order valence-electron chi connectivity index (χ3n) is 4.51. The predicted octanol–water partition coefficient (Wildman–Crippen LogP) is 1.42. The average Bonchev–Trinajstić information content (AvgIpc) is 3.05. The van der Waals surface area contributed by atoms with E-state index in [-0.39, 0.29) is 24.8 Å². The Labute approximate surface area is 135 Å². The van der Waals surface area contributed by atoms with Crippen molar-refractivity contribution >= 4 is 11.7 Å². The Morgan fingerprint density at radius 3 is 2.61 bits per heavy atom. The van der Waals surface area contributed by atoms with Gasteiger partial charge in [0.2, 0.25) is 0 Å². The van der Waals surface area contributed by atoms with Crippen molar-refractivity contribution in [1.29, 1.82) is 0 Å². The van der Waals surface area contributed by atoms with Gasteiger partial charge in [-0.25, -0.2) is 0 Å². The molecule has 1 spiro atoms. The van der Waals surface area contributed by atoms with Crippen LogP contribution >= 0.6 is 0 Å². The zero-order chi connectivity index (χ0) is 16.3. The van der Waals surface area contributed by atoms with Crippen LogP contribution in [0.2, 0.25) is 0 Å². The van der Waals surface area contributed by atoms with E-state index in [1.54, 1.807) is 36.3 Å². The van der Waals surface area contributed by atoms with Gasteiger partial charge in [-0.1, -0.05) is 0 Å². The van der Waals surface area contributed by atoms with Gasteiger partial charge in [0.1, 0.15) is 17.1 Å². The maximum absolute atomic E-state index is 12.3. The van der Waals surface area contributed by atoms with Gasteiger partial charge in [-0.05, 0) is 37.1 Å². The second-order valence-electron chi connectivity index (χ2n) is 5.90. The Bertz CT molecular complexity index is 577. The Kier molecular flexibility index (Phi) is 4.52. The minimum absolute atomic E-state index is 0.0130. The van der Waals surface area contributed by atoms with Crippen LogP contribution in [-0.2, 0) is 14.3 Å². The lowest BCUT2D eigenvalue weighted by molar-refractivity contribution is -0.153. The number of piperidine rings is 1. The summed E-state index contributed by atoms with van der Waals surface area (Å²) in [4.78, 5) is 26.1. The molecule has 0 saturated carbocycles. The van der Waals surface area contributed by atoms with E-state index in [4.69, 9.17) is 14.2 Å². The van der Waals surface area contributed by atoms with Gasteiger partial charge in [-0.2, -0.15) is 0 Å². The molecule has 0 bridgehead atoms. The van der Waals surface area contributed by atoms with E-state index in [9.17, 15) is 9.59 Å². The molecular formula is C17H21NO5. The van der Waals surface area contributed by atoms with Crippen LogP contribution in [0.15, 0.2) is 24.3 Å². The monoisotopic (exact) mass is 319 g/mol. The number of ether oxygens (including phenoxy) is 3. The molecule has 0 radical (unpaired) electrons. The summed E-state index contributed by atoms with van der Waals surface area (Å²) in [7, 11) is 1.59. The summed E-state index contributed by atoms with van der Waals surface area (Å²) in [5.74, 6) is 1.16. The molecule has 2 heterocycles. The zero-order valence-electron chi connectivity index (χ0n) is 13.2. The van der Waals surface area contributed by atoms with Gasteiger partial charge in [0.05, 0.1) is 13.7 Å². The fraction of sp³-hybridized carbons (Fsp3) is 0.529. The first-order valence-corrected chi connectivity index (χ1v) is 7.85. The Hall–Kier alpha value is -2.08. The number of carbonyl (C=O) groups excluding carboxylic acids is 2. The number of carbonyl (C=O) groups is 2. The van der Waals surface area contributed by atoms with Gasteiger partial charge in [0.25, 0.3) is 5.91 Å². The van der Waals surface area contributed by atoms with Crippen molar-refractivity contribution in [2.75, 3.05) is 33.4 Å². The second kappa shape index (κ2) is 6.58. The molecule has 23 heavy (non-hydrogen) atoms. The highest BCUT2D eigenvalue weighted by molar-refractivity contribution is 5.93. The van der Waals surface area contributed by atoms with Gasteiger partial charge in [0.15, 0.2) is 12.4 Å². The predicted molar refractivity (Wildman–Crippen MR) is 82.6 cm³/mol. The van der Waals surface area contributed by atoms with Crippen molar-refractivity contribution in [3.8, 4) is 11.5 Å². The van der Waals surface area contributed by atoms with Crippen LogP contribution in [0.4, 0.5) is 0 Å². The van der Waals surface area contributed by atoms with Crippen LogP contribution in [0.25, 0.3) is 0 Å². The highest BCUT2D eigenvalue weighted by Crippen LogP contribution is 2.33. The first-order chi connectivity index (χ1) is 11.1. The topological polar surface area (TPSA) is 65.1 Å². The molecule has 1 aromatic rings. The van der Waals surface area contributed by atoms with E-state index in [0.717, 1.165) is 18.6 Å². The van der Waals surface area contributed by atoms with Crippen LogP contribution < -0.4 is 9.47 Å². The average molecular weight is 319 g/mol. The normalized spacial score (nSPS) is 24.0. The van der Waals surface area contributed by atoms with Crippen molar-refractivity contribution < 1.29 is 23.8 Å². The number of Topliss-reactive ketones (excluding diaryl/α,β-unsaturated/α-hetero) is 1. The number of amides is 1. The number of nitrogens with zero attached hydrogens (tertiary/aromatic N) is 1. The fourth-order valence-corrected chi connectivity index (χ4v) is 3.09. The first-order valence-electron chi connectivity index (χ1n) is 7.85. The Morgan fingerprint density at radius 2 is 2.00 bits per heavy atom. The maximum atomic E-state index is 12.3. The minimum atomic E-state index is -0.631. The van der Waals surface area contributed by atoms with E-state index in [0.29, 0.717) is 25.3 Å². The molecule has 0 aromatic heterocycles. The van der Waals surface area contributed by atoms with Gasteiger partial charge in [-0.3, -0.25) is 9.59 Å². The molecule has 2 aliphatic rings. The van der Waals surface area contributed by atoms with Crippen LogP contribution in [0.1, 0.15) is 19.3 Å². The lowest BCUT2D eigenvalue weighted by Crippen LogP contribution is -2.54. The van der Waals surface area contributed by atoms with Crippen LogP contribution in [0.5, 0.6) is 11.5 Å². The molecule has 2 fully saturated rings. The molecule has 2 saturated heterocycles. The molecule has 0 N–H and O–H groups in total. The molecule has 1 unspecified atom stereocenters. The fourth-order valence-electron chi connectivity index (χ4n) is 3.09. The van der Waals surface area contributed by atoms with E-state index in [1.807, 2.05) is 0 Å². The van der Waals surface area contributed by atoms with Crippen LogP contribution in [0, 0.1) is 0 Å². The van der Waals surface area contributed by atoms with Gasteiger partial charge >= 0.3 is 0 Å². The maximum Gasteiger partial charge on any atom is 0.260 e. The largest absolute Gasteiger partial charge is 0.497 e. The number of rotatable bonds is 4. The van der Waals surface area contributed by atoms with E-state index in [1.165, 1.54) is 0 Å². The van der Waals surface area contributed by atoms with E-state index < -0.39 is 5.60 Å². The summed E-state index contributed by atoms with van der Waals surface area (Å²) in [5, 5.41) is 0. The Morgan fingerprint density at radius 1 is 1.26 bits per heavy atom. The highest BCUT2D eigenvalue weighted by Gasteiger charge is 2.46. The molecule has 6 heteroatoms. The smallest absolute Gasteiger partial charge is 0.260 e. The van der Waals surface area contributed by atoms with Crippen molar-refractivity contribution in [3.05, 3.63) is 24.3 Å².